The highest BCUT2D eigenvalue weighted by Crippen LogP contribution is 2.29. The number of alkyl halides is 3. The fourth-order valence-corrected chi connectivity index (χ4v) is 1.80. The van der Waals surface area contributed by atoms with Crippen molar-refractivity contribution >= 4 is 5.97 Å². The number of carboxylic acids is 1. The maximum absolute atomic E-state index is 12.6. The average Bonchev–Trinajstić information content (AvgIpc) is 2.83. The van der Waals surface area contributed by atoms with E-state index < -0.39 is 17.7 Å². The zero-order valence-electron chi connectivity index (χ0n) is 10.8. The van der Waals surface area contributed by atoms with Gasteiger partial charge in [0.25, 0.3) is 0 Å². The summed E-state index contributed by atoms with van der Waals surface area (Å²) in [5.74, 6) is -0.942. The molecule has 0 amide bonds. The fraction of sp³-hybridized carbons (Fsp3) is 0.308. The van der Waals surface area contributed by atoms with Crippen molar-refractivity contribution in [2.75, 3.05) is 0 Å². The first-order valence-corrected chi connectivity index (χ1v) is 6.11. The Balaban J connectivity index is 2.07. The van der Waals surface area contributed by atoms with E-state index in [0.29, 0.717) is 11.3 Å². The molecule has 8 heteroatoms. The molecule has 1 aromatic carbocycles. The summed E-state index contributed by atoms with van der Waals surface area (Å²) in [6.45, 7) is 0.143. The maximum atomic E-state index is 12.6. The van der Waals surface area contributed by atoms with Gasteiger partial charge in [-0.2, -0.15) is 13.2 Å². The minimum absolute atomic E-state index is 0.0672. The van der Waals surface area contributed by atoms with E-state index in [-0.39, 0.29) is 19.4 Å². The fourth-order valence-electron chi connectivity index (χ4n) is 1.80. The normalized spacial score (nSPS) is 11.6. The third kappa shape index (κ3) is 4.30. The van der Waals surface area contributed by atoms with Crippen LogP contribution in [0, 0.1) is 0 Å². The standard InChI is InChI=1S/C13H12F3N3O2/c14-13(15,16)10-3-1-2-9(6-10)7-19-8-11(17-18-19)4-5-12(20)21/h1-3,6,8H,4-5,7H2,(H,20,21). The summed E-state index contributed by atoms with van der Waals surface area (Å²) >= 11 is 0. The zero-order chi connectivity index (χ0) is 15.5. The Hall–Kier alpha value is -2.38. The van der Waals surface area contributed by atoms with Gasteiger partial charge in [0.2, 0.25) is 0 Å². The number of rotatable bonds is 5. The molecule has 2 rings (SSSR count). The van der Waals surface area contributed by atoms with Gasteiger partial charge in [-0.3, -0.25) is 4.79 Å². The molecular formula is C13H12F3N3O2. The van der Waals surface area contributed by atoms with Gasteiger partial charge in [0.05, 0.1) is 24.2 Å². The molecular weight excluding hydrogens is 287 g/mol. The van der Waals surface area contributed by atoms with Crippen LogP contribution >= 0.6 is 0 Å². The number of halogens is 3. The molecule has 1 N–H and O–H groups in total. The second-order valence-corrected chi connectivity index (χ2v) is 4.50. The predicted octanol–water partition coefficient (Wildman–Crippen LogP) is 2.36. The second kappa shape index (κ2) is 5.94. The first-order valence-electron chi connectivity index (χ1n) is 6.11. The summed E-state index contributed by atoms with van der Waals surface area (Å²) in [5, 5.41) is 16.1. The number of aliphatic carboxylic acids is 1. The highest BCUT2D eigenvalue weighted by molar-refractivity contribution is 5.66. The molecule has 0 saturated carbocycles. The quantitative estimate of drug-likeness (QED) is 0.920. The molecule has 0 aliphatic rings. The third-order valence-electron chi connectivity index (χ3n) is 2.78. The minimum atomic E-state index is -4.38. The summed E-state index contributed by atoms with van der Waals surface area (Å²) < 4.78 is 39.2. The Morgan fingerprint density at radius 1 is 1.33 bits per heavy atom. The highest BCUT2D eigenvalue weighted by atomic mass is 19.4. The van der Waals surface area contributed by atoms with Crippen LogP contribution in [0.4, 0.5) is 13.2 Å². The van der Waals surface area contributed by atoms with Gasteiger partial charge in [0.1, 0.15) is 0 Å². The topological polar surface area (TPSA) is 68.0 Å². The number of aryl methyl sites for hydroxylation is 1. The van der Waals surface area contributed by atoms with E-state index in [1.54, 1.807) is 6.07 Å². The van der Waals surface area contributed by atoms with Gasteiger partial charge in [0.15, 0.2) is 0 Å². The maximum Gasteiger partial charge on any atom is 0.416 e. The van der Waals surface area contributed by atoms with Crippen molar-refractivity contribution in [3.05, 3.63) is 47.3 Å². The van der Waals surface area contributed by atoms with E-state index in [2.05, 4.69) is 10.3 Å². The Labute approximate surface area is 118 Å². The van der Waals surface area contributed by atoms with Crippen molar-refractivity contribution in [1.29, 1.82) is 0 Å². The Morgan fingerprint density at radius 3 is 2.76 bits per heavy atom. The number of carbonyl (C=O) groups is 1. The number of benzene rings is 1. The summed E-state index contributed by atoms with van der Waals surface area (Å²) in [4.78, 5) is 10.4. The smallest absolute Gasteiger partial charge is 0.416 e. The number of hydrogen-bond acceptors (Lipinski definition) is 3. The largest absolute Gasteiger partial charge is 0.481 e. The van der Waals surface area contributed by atoms with E-state index in [0.717, 1.165) is 12.1 Å². The molecule has 0 radical (unpaired) electrons. The Morgan fingerprint density at radius 2 is 2.10 bits per heavy atom. The molecule has 21 heavy (non-hydrogen) atoms. The number of carboxylic acid groups (broad SMARTS) is 1. The zero-order valence-corrected chi connectivity index (χ0v) is 10.8. The summed E-state index contributed by atoms with van der Waals surface area (Å²) in [6.07, 6.45) is -2.69. The van der Waals surface area contributed by atoms with Gasteiger partial charge in [-0.05, 0) is 17.7 Å². The van der Waals surface area contributed by atoms with Crippen LogP contribution in [0.5, 0.6) is 0 Å². The average molecular weight is 299 g/mol. The highest BCUT2D eigenvalue weighted by Gasteiger charge is 2.30. The van der Waals surface area contributed by atoms with Gasteiger partial charge in [-0.15, -0.1) is 5.10 Å². The van der Waals surface area contributed by atoms with Crippen molar-refractivity contribution in [3.8, 4) is 0 Å². The van der Waals surface area contributed by atoms with Crippen molar-refractivity contribution in [1.82, 2.24) is 15.0 Å². The van der Waals surface area contributed by atoms with Gasteiger partial charge in [-0.1, -0.05) is 17.3 Å². The first-order chi connectivity index (χ1) is 9.84. The van der Waals surface area contributed by atoms with Crippen molar-refractivity contribution in [2.45, 2.75) is 25.6 Å². The van der Waals surface area contributed by atoms with Gasteiger partial charge in [0, 0.05) is 12.6 Å². The van der Waals surface area contributed by atoms with Crippen LogP contribution in [-0.4, -0.2) is 26.1 Å². The molecule has 0 unspecified atom stereocenters. The summed E-state index contributed by atoms with van der Waals surface area (Å²) in [5.41, 5.74) is 0.218. The molecule has 0 aliphatic carbocycles. The van der Waals surface area contributed by atoms with Crippen LogP contribution in [0.15, 0.2) is 30.5 Å². The molecule has 0 aliphatic heterocycles. The Bertz CT molecular complexity index is 638. The number of nitrogens with zero attached hydrogens (tertiary/aromatic N) is 3. The van der Waals surface area contributed by atoms with E-state index >= 15 is 0 Å². The van der Waals surface area contributed by atoms with E-state index in [1.807, 2.05) is 0 Å². The number of aromatic nitrogens is 3. The molecule has 0 fully saturated rings. The molecule has 0 bridgehead atoms. The van der Waals surface area contributed by atoms with Crippen LogP contribution in [-0.2, 0) is 23.9 Å². The first kappa shape index (κ1) is 15.0. The molecule has 1 aromatic heterocycles. The van der Waals surface area contributed by atoms with E-state index in [9.17, 15) is 18.0 Å². The lowest BCUT2D eigenvalue weighted by atomic mass is 10.1. The van der Waals surface area contributed by atoms with Crippen LogP contribution in [0.1, 0.15) is 23.2 Å². The summed E-state index contributed by atoms with van der Waals surface area (Å²) in [6, 6.07) is 4.95. The third-order valence-corrected chi connectivity index (χ3v) is 2.78. The minimum Gasteiger partial charge on any atom is -0.481 e. The van der Waals surface area contributed by atoms with Crippen molar-refractivity contribution in [3.63, 3.8) is 0 Å². The number of hydrogen-bond donors (Lipinski definition) is 1. The van der Waals surface area contributed by atoms with Crippen LogP contribution < -0.4 is 0 Å². The van der Waals surface area contributed by atoms with Gasteiger partial charge < -0.3 is 5.11 Å². The van der Waals surface area contributed by atoms with Crippen molar-refractivity contribution < 1.29 is 23.1 Å². The molecule has 0 saturated heterocycles. The monoisotopic (exact) mass is 299 g/mol. The van der Waals surface area contributed by atoms with Gasteiger partial charge in [-0.25, -0.2) is 4.68 Å². The molecule has 1 heterocycles. The predicted molar refractivity (Wildman–Crippen MR) is 66.5 cm³/mol. The van der Waals surface area contributed by atoms with Crippen LogP contribution in [0.3, 0.4) is 0 Å². The van der Waals surface area contributed by atoms with Gasteiger partial charge >= 0.3 is 12.1 Å². The lowest BCUT2D eigenvalue weighted by Gasteiger charge is -2.08. The summed E-state index contributed by atoms with van der Waals surface area (Å²) in [7, 11) is 0. The molecule has 0 atom stereocenters. The molecule has 5 nitrogen and oxygen atoms in total. The van der Waals surface area contributed by atoms with Crippen LogP contribution in [0.25, 0.3) is 0 Å². The molecule has 0 spiro atoms. The van der Waals surface area contributed by atoms with E-state index in [4.69, 9.17) is 5.11 Å². The molecule has 2 aromatic rings. The SMILES string of the molecule is O=C(O)CCc1cn(Cc2cccc(C(F)(F)F)c2)nn1. The van der Waals surface area contributed by atoms with E-state index in [1.165, 1.54) is 16.9 Å². The van der Waals surface area contributed by atoms with Crippen LogP contribution in [0.2, 0.25) is 0 Å². The second-order valence-electron chi connectivity index (χ2n) is 4.50. The Kier molecular flexibility index (Phi) is 4.25. The lowest BCUT2D eigenvalue weighted by Crippen LogP contribution is -2.07. The lowest BCUT2D eigenvalue weighted by molar-refractivity contribution is -0.138. The van der Waals surface area contributed by atoms with Crippen molar-refractivity contribution in [2.24, 2.45) is 0 Å². The molecule has 112 valence electrons.